The molecule has 1 aromatic carbocycles. The molecular weight excluding hydrogens is 301 g/mol. The molecule has 0 aliphatic heterocycles. The van der Waals surface area contributed by atoms with Crippen molar-refractivity contribution in [2.75, 3.05) is 0 Å². The summed E-state index contributed by atoms with van der Waals surface area (Å²) in [7, 11) is 0. The quantitative estimate of drug-likeness (QED) is 0.488. The van der Waals surface area contributed by atoms with E-state index in [1.807, 2.05) is 0 Å². The maximum absolute atomic E-state index is 5.67. The Labute approximate surface area is 105 Å². The zero-order valence-electron chi connectivity index (χ0n) is 5.77. The third-order valence-corrected chi connectivity index (χ3v) is 4.00. The Morgan fingerprint density at radius 2 is 0.462 bits per heavy atom. The molecule has 0 saturated heterocycles. The summed E-state index contributed by atoms with van der Waals surface area (Å²) in [5.74, 6) is 0. The molecule has 0 heterocycles. The second-order valence-electron chi connectivity index (χ2n) is 1.88. The molecule has 7 heteroatoms. The summed E-state index contributed by atoms with van der Waals surface area (Å²) in [6.07, 6.45) is 0. The molecule has 1 aromatic rings. The first-order chi connectivity index (χ1) is 5.46. The highest BCUT2D eigenvalue weighted by Crippen LogP contribution is 2.45. The third kappa shape index (κ3) is 2.48. The van der Waals surface area contributed by atoms with E-state index in [0.717, 1.165) is 0 Å². The van der Waals surface area contributed by atoms with Gasteiger partial charge < -0.3 is 5.48 Å². The maximum atomic E-state index is 5.67. The highest BCUT2D eigenvalue weighted by molar-refractivity contribution is 6.59. The van der Waals surface area contributed by atoms with Crippen LogP contribution < -0.4 is 0 Å². The molecule has 0 aromatic heterocycles. The molecule has 0 bridgehead atoms. The van der Waals surface area contributed by atoms with Gasteiger partial charge in [-0.25, -0.2) is 0 Å². The fraction of sp³-hybridized carbons (Fsp3) is 0. The van der Waals surface area contributed by atoms with Crippen LogP contribution in [-0.2, 0) is 0 Å². The van der Waals surface area contributed by atoms with Crippen molar-refractivity contribution in [2.24, 2.45) is 0 Å². The number of halogens is 6. The molecule has 0 saturated carbocycles. The van der Waals surface area contributed by atoms with Crippen LogP contribution in [0, 0.1) is 0 Å². The Bertz CT molecular complexity index is 231. The third-order valence-electron chi connectivity index (χ3n) is 1.16. The van der Waals surface area contributed by atoms with Gasteiger partial charge in [-0.3, -0.25) is 0 Å². The van der Waals surface area contributed by atoms with Crippen molar-refractivity contribution in [3.05, 3.63) is 30.1 Å². The van der Waals surface area contributed by atoms with Gasteiger partial charge in [0.1, 0.15) is 0 Å². The van der Waals surface area contributed by atoms with Crippen LogP contribution in [0.4, 0.5) is 0 Å². The van der Waals surface area contributed by atoms with Crippen LogP contribution in [0.2, 0.25) is 30.1 Å². The molecule has 0 amide bonds. The van der Waals surface area contributed by atoms with E-state index in [0.29, 0.717) is 0 Å². The summed E-state index contributed by atoms with van der Waals surface area (Å²) in [5, 5.41) is 0.654. The largest absolute Gasteiger partial charge is 0.412 e. The van der Waals surface area contributed by atoms with E-state index < -0.39 is 0 Å². The van der Waals surface area contributed by atoms with Gasteiger partial charge in [0.05, 0.1) is 30.1 Å². The Balaban J connectivity index is 0.00000144. The Hall–Kier alpha value is 0.920. The Morgan fingerprint density at radius 3 is 0.538 bits per heavy atom. The first kappa shape index (κ1) is 13.9. The van der Waals surface area contributed by atoms with Gasteiger partial charge in [-0.2, -0.15) is 0 Å². The van der Waals surface area contributed by atoms with E-state index in [4.69, 9.17) is 69.6 Å². The molecule has 0 radical (unpaired) electrons. The van der Waals surface area contributed by atoms with Crippen molar-refractivity contribution in [3.8, 4) is 0 Å². The summed E-state index contributed by atoms with van der Waals surface area (Å²) < 4.78 is 0. The summed E-state index contributed by atoms with van der Waals surface area (Å²) in [6.45, 7) is 0. The molecule has 0 atom stereocenters. The van der Waals surface area contributed by atoms with E-state index in [9.17, 15) is 0 Å². The Morgan fingerprint density at radius 1 is 0.385 bits per heavy atom. The van der Waals surface area contributed by atoms with Gasteiger partial charge in [-0.05, 0) is 0 Å². The summed E-state index contributed by atoms with van der Waals surface area (Å²) in [6, 6.07) is 0. The summed E-state index contributed by atoms with van der Waals surface area (Å²) >= 11 is 34.0. The molecule has 74 valence electrons. The lowest BCUT2D eigenvalue weighted by Crippen LogP contribution is -1.79. The van der Waals surface area contributed by atoms with Gasteiger partial charge in [0, 0.05) is 0 Å². The molecule has 13 heavy (non-hydrogen) atoms. The van der Waals surface area contributed by atoms with E-state index in [-0.39, 0.29) is 35.6 Å². The van der Waals surface area contributed by atoms with Crippen LogP contribution >= 0.6 is 69.6 Å². The minimum Gasteiger partial charge on any atom is -0.412 e. The number of rotatable bonds is 0. The van der Waals surface area contributed by atoms with E-state index in [2.05, 4.69) is 0 Å². The molecular formula is C6H2Cl6O. The lowest BCUT2D eigenvalue weighted by Gasteiger charge is -2.06. The number of hydrogen-bond donors (Lipinski definition) is 0. The smallest absolute Gasteiger partial charge is 0.0810 e. The lowest BCUT2D eigenvalue weighted by molar-refractivity contribution is 0.824. The second kappa shape index (κ2) is 5.13. The minimum atomic E-state index is 0. The van der Waals surface area contributed by atoms with Gasteiger partial charge >= 0.3 is 0 Å². The highest BCUT2D eigenvalue weighted by atomic mass is 35.5. The molecule has 1 nitrogen and oxygen atoms in total. The molecule has 0 fully saturated rings. The molecule has 1 rings (SSSR count). The van der Waals surface area contributed by atoms with Gasteiger partial charge in [-0.1, -0.05) is 69.6 Å². The summed E-state index contributed by atoms with van der Waals surface area (Å²) in [4.78, 5) is 0. The van der Waals surface area contributed by atoms with Crippen LogP contribution in [-0.4, -0.2) is 5.48 Å². The van der Waals surface area contributed by atoms with Crippen molar-refractivity contribution in [1.29, 1.82) is 0 Å². The van der Waals surface area contributed by atoms with Gasteiger partial charge in [0.2, 0.25) is 0 Å². The SMILES string of the molecule is Clc1c(Cl)c(Cl)c(Cl)c(Cl)c1Cl.O. The standard InChI is InChI=1S/C6Cl6.H2O/c7-1-2(8)4(10)6(12)5(11)3(1)9;/h;1H2. The normalized spacial score (nSPS) is 9.69. The number of benzene rings is 1. The predicted molar refractivity (Wildman–Crippen MR) is 60.1 cm³/mol. The van der Waals surface area contributed by atoms with Crippen molar-refractivity contribution in [2.45, 2.75) is 0 Å². The van der Waals surface area contributed by atoms with Crippen LogP contribution in [0.3, 0.4) is 0 Å². The zero-order valence-corrected chi connectivity index (χ0v) is 10.3. The Kier molecular flexibility index (Phi) is 5.49. The molecule has 0 unspecified atom stereocenters. The highest BCUT2D eigenvalue weighted by Gasteiger charge is 2.17. The van der Waals surface area contributed by atoms with Crippen molar-refractivity contribution in [1.82, 2.24) is 0 Å². The first-order valence-electron chi connectivity index (χ1n) is 2.63. The second-order valence-corrected chi connectivity index (χ2v) is 4.15. The zero-order chi connectivity index (χ0) is 9.46. The van der Waals surface area contributed by atoms with Crippen LogP contribution in [0.15, 0.2) is 0 Å². The van der Waals surface area contributed by atoms with Gasteiger partial charge in [0.15, 0.2) is 0 Å². The van der Waals surface area contributed by atoms with Crippen molar-refractivity contribution < 1.29 is 5.48 Å². The molecule has 2 N–H and O–H groups in total. The van der Waals surface area contributed by atoms with Crippen LogP contribution in [0.5, 0.6) is 0 Å². The summed E-state index contributed by atoms with van der Waals surface area (Å²) in [5.41, 5.74) is 0. The van der Waals surface area contributed by atoms with Crippen LogP contribution in [0.1, 0.15) is 0 Å². The topological polar surface area (TPSA) is 31.5 Å². The molecule has 0 aliphatic carbocycles. The average molecular weight is 303 g/mol. The average Bonchev–Trinajstić information content (AvgIpc) is 2.08. The first-order valence-corrected chi connectivity index (χ1v) is 4.90. The van der Waals surface area contributed by atoms with Crippen molar-refractivity contribution in [3.63, 3.8) is 0 Å². The fourth-order valence-electron chi connectivity index (χ4n) is 0.578. The lowest BCUT2D eigenvalue weighted by atomic mass is 10.3. The molecule has 0 aliphatic rings. The fourth-order valence-corrected chi connectivity index (χ4v) is 2.00. The monoisotopic (exact) mass is 300 g/mol. The van der Waals surface area contributed by atoms with E-state index in [1.165, 1.54) is 0 Å². The molecule has 0 spiro atoms. The maximum Gasteiger partial charge on any atom is 0.0810 e. The predicted octanol–water partition coefficient (Wildman–Crippen LogP) is 4.78. The van der Waals surface area contributed by atoms with E-state index >= 15 is 0 Å². The van der Waals surface area contributed by atoms with Gasteiger partial charge in [-0.15, -0.1) is 0 Å². The van der Waals surface area contributed by atoms with Crippen molar-refractivity contribution >= 4 is 69.6 Å². The van der Waals surface area contributed by atoms with Crippen LogP contribution in [0.25, 0.3) is 0 Å². The van der Waals surface area contributed by atoms with E-state index in [1.54, 1.807) is 0 Å². The van der Waals surface area contributed by atoms with Gasteiger partial charge in [0.25, 0.3) is 0 Å². The minimum absolute atomic E-state index is 0. The number of hydrogen-bond acceptors (Lipinski definition) is 0.